The van der Waals surface area contributed by atoms with Crippen LogP contribution in [0.25, 0.3) is 11.6 Å². The van der Waals surface area contributed by atoms with E-state index in [0.29, 0.717) is 30.5 Å². The highest BCUT2D eigenvalue weighted by Gasteiger charge is 2.14. The topological polar surface area (TPSA) is 110 Å². The Morgan fingerprint density at radius 3 is 2.77 bits per heavy atom. The third-order valence-corrected chi connectivity index (χ3v) is 4.41. The van der Waals surface area contributed by atoms with Crippen molar-refractivity contribution in [2.75, 3.05) is 27.8 Å². The molecule has 30 heavy (non-hydrogen) atoms. The van der Waals surface area contributed by atoms with Crippen LogP contribution < -0.4 is 20.1 Å². The molecule has 0 fully saturated rings. The van der Waals surface area contributed by atoms with Gasteiger partial charge in [-0.3, -0.25) is 10.1 Å². The van der Waals surface area contributed by atoms with Gasteiger partial charge in [0.2, 0.25) is 5.82 Å². The molecular formula is C20H27IN6O3. The fourth-order valence-electron chi connectivity index (χ4n) is 2.88. The number of halogens is 1. The summed E-state index contributed by atoms with van der Waals surface area (Å²) < 4.78 is 16.1. The van der Waals surface area contributed by atoms with Crippen molar-refractivity contribution in [3.63, 3.8) is 0 Å². The summed E-state index contributed by atoms with van der Waals surface area (Å²) >= 11 is 0. The van der Waals surface area contributed by atoms with Gasteiger partial charge in [-0.15, -0.1) is 24.0 Å². The van der Waals surface area contributed by atoms with E-state index in [-0.39, 0.29) is 30.0 Å². The van der Waals surface area contributed by atoms with E-state index < -0.39 is 0 Å². The normalized spacial score (nSPS) is 12.1. The smallest absolute Gasteiger partial charge is 0.216 e. The molecule has 0 aliphatic rings. The number of nitrogens with zero attached hydrogens (tertiary/aromatic N) is 3. The van der Waals surface area contributed by atoms with E-state index in [2.05, 4.69) is 30.8 Å². The number of methoxy groups -OCH3 is 2. The molecule has 0 spiro atoms. The summed E-state index contributed by atoms with van der Waals surface area (Å²) in [6, 6.07) is 9.31. The molecule has 3 N–H and O–H groups in total. The lowest BCUT2D eigenvalue weighted by molar-refractivity contribution is 0.394. The van der Waals surface area contributed by atoms with E-state index >= 15 is 0 Å². The monoisotopic (exact) mass is 526 g/mol. The third kappa shape index (κ3) is 5.88. The van der Waals surface area contributed by atoms with Crippen molar-refractivity contribution in [3.05, 3.63) is 48.0 Å². The van der Waals surface area contributed by atoms with Crippen LogP contribution in [-0.4, -0.2) is 49.0 Å². The van der Waals surface area contributed by atoms with Crippen LogP contribution in [0.4, 0.5) is 0 Å². The van der Waals surface area contributed by atoms with Crippen LogP contribution in [0.3, 0.4) is 0 Å². The molecule has 2 aromatic heterocycles. The standard InChI is InChI=1S/C20H26N6O3.HI/c1-13(15-12-14(27-3)7-8-16(15)28-4)23-20(21-2)22-10-9-18-24-19(26-25-18)17-6-5-11-29-17;/h5-8,11-13H,9-10H2,1-4H3,(H2,21,22,23)(H,24,25,26);1H. The number of hydrogen-bond acceptors (Lipinski definition) is 6. The van der Waals surface area contributed by atoms with Crippen LogP contribution in [0, 0.1) is 0 Å². The van der Waals surface area contributed by atoms with Gasteiger partial charge < -0.3 is 24.5 Å². The summed E-state index contributed by atoms with van der Waals surface area (Å²) in [4.78, 5) is 8.72. The Morgan fingerprint density at radius 1 is 1.27 bits per heavy atom. The number of nitrogens with one attached hydrogen (secondary N) is 3. The minimum absolute atomic E-state index is 0. The molecule has 0 saturated heterocycles. The molecule has 3 rings (SSSR count). The van der Waals surface area contributed by atoms with Crippen LogP contribution in [-0.2, 0) is 6.42 Å². The van der Waals surface area contributed by atoms with Gasteiger partial charge in [0.05, 0.1) is 26.5 Å². The van der Waals surface area contributed by atoms with E-state index in [4.69, 9.17) is 13.9 Å². The maximum atomic E-state index is 5.47. The number of rotatable bonds is 8. The Morgan fingerprint density at radius 2 is 2.10 bits per heavy atom. The van der Waals surface area contributed by atoms with Crippen molar-refractivity contribution >= 4 is 29.9 Å². The number of furan rings is 1. The lowest BCUT2D eigenvalue weighted by Gasteiger charge is -2.20. The number of aromatic amines is 1. The summed E-state index contributed by atoms with van der Waals surface area (Å²) in [7, 11) is 5.03. The first kappa shape index (κ1) is 23.5. The van der Waals surface area contributed by atoms with Crippen LogP contribution in [0.2, 0.25) is 0 Å². The van der Waals surface area contributed by atoms with Gasteiger partial charge in [0.25, 0.3) is 0 Å². The quantitative estimate of drug-likeness (QED) is 0.235. The van der Waals surface area contributed by atoms with E-state index in [1.165, 1.54) is 0 Å². The van der Waals surface area contributed by atoms with Crippen molar-refractivity contribution in [3.8, 4) is 23.1 Å². The molecule has 0 amide bonds. The molecule has 2 heterocycles. The van der Waals surface area contributed by atoms with Gasteiger partial charge in [-0.05, 0) is 37.3 Å². The molecule has 3 aromatic rings. The van der Waals surface area contributed by atoms with E-state index in [0.717, 1.165) is 22.9 Å². The highest BCUT2D eigenvalue weighted by Crippen LogP contribution is 2.29. The summed E-state index contributed by atoms with van der Waals surface area (Å²) in [6.45, 7) is 2.67. The number of aromatic nitrogens is 3. The fourth-order valence-corrected chi connectivity index (χ4v) is 2.88. The average molecular weight is 526 g/mol. The number of benzene rings is 1. The van der Waals surface area contributed by atoms with Crippen LogP contribution in [0.1, 0.15) is 24.4 Å². The van der Waals surface area contributed by atoms with Crippen molar-refractivity contribution < 1.29 is 13.9 Å². The Labute approximate surface area is 192 Å². The molecule has 9 nitrogen and oxygen atoms in total. The molecule has 1 atom stereocenters. The number of ether oxygens (including phenoxy) is 2. The largest absolute Gasteiger partial charge is 0.497 e. The van der Waals surface area contributed by atoms with Gasteiger partial charge in [0.1, 0.15) is 17.3 Å². The second-order valence-electron chi connectivity index (χ2n) is 6.31. The Hall–Kier alpha value is -2.76. The maximum absolute atomic E-state index is 5.47. The van der Waals surface area contributed by atoms with Gasteiger partial charge in [0, 0.05) is 25.6 Å². The van der Waals surface area contributed by atoms with E-state index in [1.54, 1.807) is 33.6 Å². The van der Waals surface area contributed by atoms with Crippen molar-refractivity contribution in [2.24, 2.45) is 4.99 Å². The first-order chi connectivity index (χ1) is 14.1. The van der Waals surface area contributed by atoms with Gasteiger partial charge >= 0.3 is 0 Å². The van der Waals surface area contributed by atoms with E-state index in [9.17, 15) is 0 Å². The van der Waals surface area contributed by atoms with Gasteiger partial charge in [-0.1, -0.05) is 0 Å². The zero-order valence-corrected chi connectivity index (χ0v) is 19.8. The van der Waals surface area contributed by atoms with Crippen LogP contribution in [0.5, 0.6) is 11.5 Å². The van der Waals surface area contributed by atoms with Gasteiger partial charge in [-0.2, -0.15) is 5.10 Å². The Bertz CT molecular complexity index is 942. The minimum atomic E-state index is -0.0397. The maximum Gasteiger partial charge on any atom is 0.216 e. The summed E-state index contributed by atoms with van der Waals surface area (Å²) in [5.74, 6) is 4.18. The van der Waals surface area contributed by atoms with Crippen molar-refractivity contribution in [1.82, 2.24) is 25.8 Å². The summed E-state index contributed by atoms with van der Waals surface area (Å²) in [6.07, 6.45) is 2.26. The molecule has 0 aliphatic heterocycles. The molecule has 1 aromatic carbocycles. The molecule has 0 saturated carbocycles. The fraction of sp³-hybridized carbons (Fsp3) is 0.350. The molecule has 0 aliphatic carbocycles. The summed E-state index contributed by atoms with van der Waals surface area (Å²) in [5, 5.41) is 13.7. The number of H-pyrrole nitrogens is 1. The highest BCUT2D eigenvalue weighted by atomic mass is 127. The molecular weight excluding hydrogens is 499 g/mol. The number of guanidine groups is 1. The number of hydrogen-bond donors (Lipinski definition) is 3. The Kier molecular flexibility index (Phi) is 8.96. The van der Waals surface area contributed by atoms with Crippen molar-refractivity contribution in [2.45, 2.75) is 19.4 Å². The third-order valence-electron chi connectivity index (χ3n) is 4.41. The molecule has 162 valence electrons. The van der Waals surface area contributed by atoms with Crippen LogP contribution >= 0.6 is 24.0 Å². The second-order valence-corrected chi connectivity index (χ2v) is 6.31. The number of aliphatic imine (C=N–C) groups is 1. The minimum Gasteiger partial charge on any atom is -0.497 e. The SMILES string of the molecule is CN=C(NCCc1nc(-c2ccco2)n[nH]1)NC(C)c1cc(OC)ccc1OC.I. The lowest BCUT2D eigenvalue weighted by atomic mass is 10.1. The average Bonchev–Trinajstić information content (AvgIpc) is 3.44. The zero-order valence-electron chi connectivity index (χ0n) is 17.4. The first-order valence-corrected chi connectivity index (χ1v) is 9.29. The first-order valence-electron chi connectivity index (χ1n) is 9.29. The lowest BCUT2D eigenvalue weighted by Crippen LogP contribution is -2.39. The van der Waals surface area contributed by atoms with Gasteiger partial charge in [0.15, 0.2) is 11.7 Å². The van der Waals surface area contributed by atoms with Crippen LogP contribution in [0.15, 0.2) is 46.0 Å². The molecule has 1 unspecified atom stereocenters. The summed E-state index contributed by atoms with van der Waals surface area (Å²) in [5.41, 5.74) is 0.980. The second kappa shape index (κ2) is 11.4. The van der Waals surface area contributed by atoms with E-state index in [1.807, 2.05) is 31.2 Å². The predicted molar refractivity (Wildman–Crippen MR) is 126 cm³/mol. The predicted octanol–water partition coefficient (Wildman–Crippen LogP) is 3.17. The van der Waals surface area contributed by atoms with Gasteiger partial charge in [-0.25, -0.2) is 4.98 Å². The van der Waals surface area contributed by atoms with Crippen molar-refractivity contribution in [1.29, 1.82) is 0 Å². The molecule has 0 radical (unpaired) electrons. The highest BCUT2D eigenvalue weighted by molar-refractivity contribution is 14.0. The molecule has 0 bridgehead atoms. The zero-order chi connectivity index (χ0) is 20.6. The molecule has 10 heteroatoms. The Balaban J connectivity index is 0.00000320.